The SMILES string of the molecule is CNCCC(Oc1ccc(C(=O)CCC2CCN(Cc3ccccc3)CC2)cc1)c1ccc(F)cc1. The third-order valence-electron chi connectivity index (χ3n) is 7.09. The highest BCUT2D eigenvalue weighted by Gasteiger charge is 2.20. The molecule has 0 radical (unpaired) electrons. The monoisotopic (exact) mass is 488 g/mol. The summed E-state index contributed by atoms with van der Waals surface area (Å²) in [5.41, 5.74) is 3.03. The number of ketones is 1. The van der Waals surface area contributed by atoms with Crippen LogP contribution in [0.4, 0.5) is 4.39 Å². The van der Waals surface area contributed by atoms with E-state index in [9.17, 15) is 9.18 Å². The molecule has 4 rings (SSSR count). The van der Waals surface area contributed by atoms with Crippen molar-refractivity contribution >= 4 is 5.78 Å². The van der Waals surface area contributed by atoms with Gasteiger partial charge in [0.25, 0.3) is 0 Å². The Morgan fingerprint density at radius 1 is 1.00 bits per heavy atom. The van der Waals surface area contributed by atoms with Gasteiger partial charge in [0, 0.05) is 24.9 Å². The van der Waals surface area contributed by atoms with Crippen molar-refractivity contribution in [2.24, 2.45) is 5.92 Å². The molecule has 1 aliphatic heterocycles. The Labute approximate surface area is 214 Å². The fraction of sp³-hybridized carbons (Fsp3) is 0.387. The Hall–Kier alpha value is -3.02. The first-order valence-electron chi connectivity index (χ1n) is 13.1. The highest BCUT2D eigenvalue weighted by Crippen LogP contribution is 2.27. The van der Waals surface area contributed by atoms with Gasteiger partial charge in [-0.3, -0.25) is 9.69 Å². The molecule has 1 heterocycles. The zero-order chi connectivity index (χ0) is 25.2. The zero-order valence-electron chi connectivity index (χ0n) is 21.2. The van der Waals surface area contributed by atoms with Crippen LogP contribution in [0.2, 0.25) is 0 Å². The molecule has 0 aliphatic carbocycles. The fourth-order valence-corrected chi connectivity index (χ4v) is 4.88. The average molecular weight is 489 g/mol. The number of Topliss-reactive ketones (excluding diaryl/α,β-unsaturated/α-hetero) is 1. The van der Waals surface area contributed by atoms with Gasteiger partial charge < -0.3 is 10.1 Å². The maximum atomic E-state index is 13.3. The number of hydrogen-bond donors (Lipinski definition) is 1. The number of nitrogens with one attached hydrogen (secondary N) is 1. The molecule has 190 valence electrons. The first kappa shape index (κ1) is 26.1. The molecule has 0 aromatic heterocycles. The highest BCUT2D eigenvalue weighted by molar-refractivity contribution is 5.96. The van der Waals surface area contributed by atoms with E-state index in [0.717, 1.165) is 63.0 Å². The van der Waals surface area contributed by atoms with Crippen LogP contribution in [0.25, 0.3) is 0 Å². The van der Waals surface area contributed by atoms with E-state index in [4.69, 9.17) is 4.74 Å². The van der Waals surface area contributed by atoms with E-state index in [1.54, 1.807) is 12.1 Å². The average Bonchev–Trinajstić information content (AvgIpc) is 2.92. The van der Waals surface area contributed by atoms with Gasteiger partial charge in [-0.05, 0) is 99.4 Å². The quantitative estimate of drug-likeness (QED) is 0.298. The van der Waals surface area contributed by atoms with Crippen LogP contribution in [0.3, 0.4) is 0 Å². The molecule has 4 nitrogen and oxygen atoms in total. The van der Waals surface area contributed by atoms with E-state index < -0.39 is 0 Å². The molecule has 0 bridgehead atoms. The first-order valence-corrected chi connectivity index (χ1v) is 13.1. The molecule has 0 amide bonds. The lowest BCUT2D eigenvalue weighted by Crippen LogP contribution is -2.33. The van der Waals surface area contributed by atoms with Crippen LogP contribution in [0.1, 0.15) is 59.7 Å². The molecule has 0 spiro atoms. The van der Waals surface area contributed by atoms with Crippen LogP contribution in [0.5, 0.6) is 5.75 Å². The molecule has 5 heteroatoms. The van der Waals surface area contributed by atoms with E-state index in [0.29, 0.717) is 18.1 Å². The summed E-state index contributed by atoms with van der Waals surface area (Å²) in [5.74, 6) is 1.26. The van der Waals surface area contributed by atoms with E-state index in [1.165, 1.54) is 17.7 Å². The molecular formula is C31H37FN2O2. The predicted molar refractivity (Wildman–Crippen MR) is 143 cm³/mol. The summed E-state index contributed by atoms with van der Waals surface area (Å²) in [6.45, 7) is 3.99. The van der Waals surface area contributed by atoms with Crippen molar-refractivity contribution < 1.29 is 13.9 Å². The number of carbonyl (C=O) groups is 1. The van der Waals surface area contributed by atoms with Gasteiger partial charge >= 0.3 is 0 Å². The molecule has 1 saturated heterocycles. The summed E-state index contributed by atoms with van der Waals surface area (Å²) in [7, 11) is 1.90. The van der Waals surface area contributed by atoms with Crippen molar-refractivity contribution in [1.29, 1.82) is 0 Å². The molecule has 1 N–H and O–H groups in total. The molecule has 1 unspecified atom stereocenters. The topological polar surface area (TPSA) is 41.6 Å². The van der Waals surface area contributed by atoms with Gasteiger partial charge in [-0.25, -0.2) is 4.39 Å². The Bertz CT molecular complexity index is 1060. The van der Waals surface area contributed by atoms with Gasteiger partial charge in [0.05, 0.1) is 0 Å². The molecule has 0 saturated carbocycles. The summed E-state index contributed by atoms with van der Waals surface area (Å²) in [5, 5.41) is 3.14. The van der Waals surface area contributed by atoms with Gasteiger partial charge in [-0.15, -0.1) is 0 Å². The van der Waals surface area contributed by atoms with Crippen LogP contribution in [-0.4, -0.2) is 37.4 Å². The molecule has 1 aliphatic rings. The van der Waals surface area contributed by atoms with E-state index >= 15 is 0 Å². The number of likely N-dealkylation sites (tertiary alicyclic amines) is 1. The van der Waals surface area contributed by atoms with Crippen LogP contribution in [0, 0.1) is 11.7 Å². The van der Waals surface area contributed by atoms with Gasteiger partial charge in [-0.1, -0.05) is 42.5 Å². The minimum atomic E-state index is -0.258. The van der Waals surface area contributed by atoms with Crippen LogP contribution < -0.4 is 10.1 Å². The van der Waals surface area contributed by atoms with Gasteiger partial charge in [-0.2, -0.15) is 0 Å². The second-order valence-corrected chi connectivity index (χ2v) is 9.74. The van der Waals surface area contributed by atoms with E-state index in [-0.39, 0.29) is 17.7 Å². The van der Waals surface area contributed by atoms with Crippen LogP contribution in [0.15, 0.2) is 78.9 Å². The number of nitrogens with zero attached hydrogens (tertiary/aromatic N) is 1. The van der Waals surface area contributed by atoms with Crippen LogP contribution >= 0.6 is 0 Å². The lowest BCUT2D eigenvalue weighted by molar-refractivity contribution is 0.0961. The summed E-state index contributed by atoms with van der Waals surface area (Å²) in [4.78, 5) is 15.3. The lowest BCUT2D eigenvalue weighted by Gasteiger charge is -2.32. The maximum Gasteiger partial charge on any atom is 0.162 e. The number of rotatable bonds is 12. The van der Waals surface area contributed by atoms with E-state index in [2.05, 4.69) is 40.5 Å². The largest absolute Gasteiger partial charge is 0.486 e. The summed E-state index contributed by atoms with van der Waals surface area (Å²) >= 11 is 0. The summed E-state index contributed by atoms with van der Waals surface area (Å²) < 4.78 is 19.5. The van der Waals surface area contributed by atoms with Crippen molar-refractivity contribution in [2.75, 3.05) is 26.7 Å². The minimum absolute atomic E-state index is 0.188. The zero-order valence-corrected chi connectivity index (χ0v) is 21.2. The lowest BCUT2D eigenvalue weighted by atomic mass is 9.90. The third-order valence-corrected chi connectivity index (χ3v) is 7.09. The highest BCUT2D eigenvalue weighted by atomic mass is 19.1. The number of piperidine rings is 1. The van der Waals surface area contributed by atoms with Crippen LogP contribution in [-0.2, 0) is 6.54 Å². The first-order chi connectivity index (χ1) is 17.6. The molecular weight excluding hydrogens is 451 g/mol. The number of hydrogen-bond acceptors (Lipinski definition) is 4. The van der Waals surface area contributed by atoms with Crippen molar-refractivity contribution in [3.8, 4) is 5.75 Å². The van der Waals surface area contributed by atoms with Gasteiger partial charge in [0.2, 0.25) is 0 Å². The maximum absolute atomic E-state index is 13.3. The molecule has 1 atom stereocenters. The fourth-order valence-electron chi connectivity index (χ4n) is 4.88. The Morgan fingerprint density at radius 2 is 1.69 bits per heavy atom. The van der Waals surface area contributed by atoms with Crippen molar-refractivity contribution in [3.05, 3.63) is 101 Å². The third kappa shape index (κ3) is 7.74. The second kappa shape index (κ2) is 13.3. The summed E-state index contributed by atoms with van der Waals surface area (Å²) in [6.07, 6.45) is 4.42. The second-order valence-electron chi connectivity index (χ2n) is 9.74. The Morgan fingerprint density at radius 3 is 2.36 bits per heavy atom. The molecule has 3 aromatic rings. The van der Waals surface area contributed by atoms with Crippen molar-refractivity contribution in [1.82, 2.24) is 10.2 Å². The van der Waals surface area contributed by atoms with E-state index in [1.807, 2.05) is 31.3 Å². The summed E-state index contributed by atoms with van der Waals surface area (Å²) in [6, 6.07) is 24.5. The molecule has 1 fully saturated rings. The van der Waals surface area contributed by atoms with Gasteiger partial charge in [0.15, 0.2) is 5.78 Å². The smallest absolute Gasteiger partial charge is 0.162 e. The minimum Gasteiger partial charge on any atom is -0.486 e. The van der Waals surface area contributed by atoms with Crippen molar-refractivity contribution in [3.63, 3.8) is 0 Å². The standard InChI is InChI=1S/C31H37FN2O2/c1-33-20-17-31(27-8-12-28(32)13-9-27)36-29-14-10-26(11-15-29)30(35)16-7-24-18-21-34(22-19-24)23-25-5-3-2-4-6-25/h2-6,8-15,24,31,33H,7,16-23H2,1H3. The van der Waals surface area contributed by atoms with Crippen molar-refractivity contribution in [2.45, 2.75) is 44.8 Å². The Balaban J connectivity index is 1.24. The predicted octanol–water partition coefficient (Wildman–Crippen LogP) is 6.43. The normalized spacial score (nSPS) is 15.5. The Kier molecular flexibility index (Phi) is 9.65. The molecule has 36 heavy (non-hydrogen) atoms. The molecule has 3 aromatic carbocycles. The number of carbonyl (C=O) groups excluding carboxylic acids is 1. The number of ether oxygens (including phenoxy) is 1. The number of halogens is 1. The number of benzene rings is 3. The van der Waals surface area contributed by atoms with Gasteiger partial charge in [0.1, 0.15) is 17.7 Å².